The maximum absolute atomic E-state index is 4.62. The highest BCUT2D eigenvalue weighted by atomic mass is 15.4. The fourth-order valence-electron chi connectivity index (χ4n) is 2.21. The Balaban J connectivity index is 2.37. The maximum Gasteiger partial charge on any atom is 0.156 e. The van der Waals surface area contributed by atoms with Crippen molar-refractivity contribution in [1.82, 2.24) is 25.1 Å². The molecule has 2 heterocycles. The Labute approximate surface area is 126 Å². The Hall–Kier alpha value is -1.75. The van der Waals surface area contributed by atoms with Crippen molar-refractivity contribution in [2.45, 2.75) is 60.0 Å². The van der Waals surface area contributed by atoms with E-state index in [0.717, 1.165) is 42.5 Å². The molecule has 21 heavy (non-hydrogen) atoms. The molecular weight excluding hydrogens is 262 g/mol. The van der Waals surface area contributed by atoms with Crippen LogP contribution in [0.2, 0.25) is 0 Å². The summed E-state index contributed by atoms with van der Waals surface area (Å²) in [4.78, 5) is 9.17. The van der Waals surface area contributed by atoms with Crippen LogP contribution in [0.3, 0.4) is 0 Å². The van der Waals surface area contributed by atoms with Crippen molar-refractivity contribution in [2.75, 3.05) is 0 Å². The molecule has 5 heteroatoms. The smallest absolute Gasteiger partial charge is 0.156 e. The second kappa shape index (κ2) is 6.80. The second-order valence-electron chi connectivity index (χ2n) is 5.57. The standard InChI is InChI=1S/C16H25N5/c1-6-14-19-15(7-2)21(20-14)16-9-13(8-12(5)18-16)10-17-11(3)4/h8-9,11,17H,6-7,10H2,1-5H3. The Morgan fingerprint density at radius 2 is 1.90 bits per heavy atom. The van der Waals surface area contributed by atoms with Crippen molar-refractivity contribution >= 4 is 0 Å². The topological polar surface area (TPSA) is 55.6 Å². The van der Waals surface area contributed by atoms with Crippen LogP contribution in [-0.2, 0) is 19.4 Å². The van der Waals surface area contributed by atoms with E-state index >= 15 is 0 Å². The number of hydrogen-bond donors (Lipinski definition) is 1. The predicted molar refractivity (Wildman–Crippen MR) is 84.6 cm³/mol. The lowest BCUT2D eigenvalue weighted by Gasteiger charge is -2.11. The van der Waals surface area contributed by atoms with Gasteiger partial charge in [-0.05, 0) is 24.6 Å². The van der Waals surface area contributed by atoms with Crippen LogP contribution < -0.4 is 5.32 Å². The minimum Gasteiger partial charge on any atom is -0.310 e. The first-order valence-electron chi connectivity index (χ1n) is 7.69. The third kappa shape index (κ3) is 3.88. The van der Waals surface area contributed by atoms with Gasteiger partial charge >= 0.3 is 0 Å². The third-order valence-corrected chi connectivity index (χ3v) is 3.28. The molecule has 5 nitrogen and oxygen atoms in total. The van der Waals surface area contributed by atoms with E-state index in [2.05, 4.69) is 60.2 Å². The van der Waals surface area contributed by atoms with Crippen molar-refractivity contribution < 1.29 is 0 Å². The predicted octanol–water partition coefficient (Wildman–Crippen LogP) is 2.59. The van der Waals surface area contributed by atoms with Crippen LogP contribution in [-0.4, -0.2) is 25.8 Å². The summed E-state index contributed by atoms with van der Waals surface area (Å²) in [6, 6.07) is 4.67. The Kier molecular flexibility index (Phi) is 5.07. The summed E-state index contributed by atoms with van der Waals surface area (Å²) in [7, 11) is 0. The average Bonchev–Trinajstić information content (AvgIpc) is 2.88. The SMILES string of the molecule is CCc1nc(CC)n(-c2cc(CNC(C)C)cc(C)n2)n1. The van der Waals surface area contributed by atoms with Crippen molar-refractivity contribution in [3.8, 4) is 5.82 Å². The number of aryl methyl sites for hydroxylation is 3. The van der Waals surface area contributed by atoms with E-state index in [4.69, 9.17) is 0 Å². The van der Waals surface area contributed by atoms with Crippen LogP contribution in [0.4, 0.5) is 0 Å². The van der Waals surface area contributed by atoms with Gasteiger partial charge in [0.1, 0.15) is 5.82 Å². The van der Waals surface area contributed by atoms with Crippen molar-refractivity contribution in [1.29, 1.82) is 0 Å². The van der Waals surface area contributed by atoms with Crippen molar-refractivity contribution in [3.05, 3.63) is 35.0 Å². The van der Waals surface area contributed by atoms with Crippen LogP contribution in [0.15, 0.2) is 12.1 Å². The lowest BCUT2D eigenvalue weighted by Crippen LogP contribution is -2.22. The zero-order chi connectivity index (χ0) is 15.4. The van der Waals surface area contributed by atoms with Crippen LogP contribution in [0.25, 0.3) is 5.82 Å². The normalized spacial score (nSPS) is 11.3. The molecule has 2 aromatic heterocycles. The van der Waals surface area contributed by atoms with Gasteiger partial charge < -0.3 is 5.32 Å². The summed E-state index contributed by atoms with van der Waals surface area (Å²) in [5, 5.41) is 8.01. The highest BCUT2D eigenvalue weighted by Gasteiger charge is 2.11. The summed E-state index contributed by atoms with van der Waals surface area (Å²) in [6.07, 6.45) is 1.69. The van der Waals surface area contributed by atoms with Gasteiger partial charge in [0.25, 0.3) is 0 Å². The van der Waals surface area contributed by atoms with Gasteiger partial charge in [-0.25, -0.2) is 9.97 Å². The second-order valence-corrected chi connectivity index (χ2v) is 5.57. The number of aromatic nitrogens is 4. The Morgan fingerprint density at radius 3 is 2.52 bits per heavy atom. The summed E-state index contributed by atoms with van der Waals surface area (Å²) in [6.45, 7) is 11.3. The molecule has 2 aromatic rings. The minimum atomic E-state index is 0.464. The average molecular weight is 287 g/mol. The molecule has 0 amide bonds. The molecule has 0 saturated carbocycles. The van der Waals surface area contributed by atoms with Crippen LogP contribution in [0.1, 0.15) is 50.6 Å². The van der Waals surface area contributed by atoms with E-state index in [1.165, 1.54) is 5.56 Å². The molecule has 0 aliphatic rings. The number of hydrogen-bond acceptors (Lipinski definition) is 4. The number of pyridine rings is 1. The molecule has 0 unspecified atom stereocenters. The summed E-state index contributed by atoms with van der Waals surface area (Å²) in [5.41, 5.74) is 2.23. The first-order valence-corrected chi connectivity index (χ1v) is 7.69. The van der Waals surface area contributed by atoms with Gasteiger partial charge in [-0.2, -0.15) is 4.68 Å². The zero-order valence-corrected chi connectivity index (χ0v) is 13.6. The number of rotatable bonds is 6. The Bertz CT molecular complexity index is 601. The van der Waals surface area contributed by atoms with E-state index in [9.17, 15) is 0 Å². The molecule has 0 radical (unpaired) electrons. The fraction of sp³-hybridized carbons (Fsp3) is 0.562. The third-order valence-electron chi connectivity index (χ3n) is 3.28. The molecule has 0 aliphatic carbocycles. The highest BCUT2D eigenvalue weighted by molar-refractivity contribution is 5.31. The molecule has 2 rings (SSSR count). The summed E-state index contributed by atoms with van der Waals surface area (Å²) in [5.74, 6) is 2.70. The molecule has 0 aromatic carbocycles. The van der Waals surface area contributed by atoms with Crippen LogP contribution in [0.5, 0.6) is 0 Å². The number of nitrogens with zero attached hydrogens (tertiary/aromatic N) is 4. The van der Waals surface area contributed by atoms with Crippen LogP contribution in [0, 0.1) is 6.92 Å². The highest BCUT2D eigenvalue weighted by Crippen LogP contribution is 2.13. The molecule has 0 bridgehead atoms. The zero-order valence-electron chi connectivity index (χ0n) is 13.6. The van der Waals surface area contributed by atoms with E-state index in [1.807, 2.05) is 11.6 Å². The van der Waals surface area contributed by atoms with Gasteiger partial charge in [-0.15, -0.1) is 5.10 Å². The molecular formula is C16H25N5. The first kappa shape index (κ1) is 15.6. The fourth-order valence-corrected chi connectivity index (χ4v) is 2.21. The van der Waals surface area contributed by atoms with Gasteiger partial charge in [0.2, 0.25) is 0 Å². The van der Waals surface area contributed by atoms with Crippen molar-refractivity contribution in [3.63, 3.8) is 0 Å². The lowest BCUT2D eigenvalue weighted by molar-refractivity contribution is 0.587. The summed E-state index contributed by atoms with van der Waals surface area (Å²) < 4.78 is 1.88. The van der Waals surface area contributed by atoms with E-state index in [-0.39, 0.29) is 0 Å². The Morgan fingerprint density at radius 1 is 1.14 bits per heavy atom. The molecule has 0 atom stereocenters. The van der Waals surface area contributed by atoms with Crippen molar-refractivity contribution in [2.24, 2.45) is 0 Å². The van der Waals surface area contributed by atoms with E-state index in [0.29, 0.717) is 6.04 Å². The quantitative estimate of drug-likeness (QED) is 0.887. The molecule has 114 valence electrons. The van der Waals surface area contributed by atoms with Gasteiger partial charge in [0, 0.05) is 31.1 Å². The largest absolute Gasteiger partial charge is 0.310 e. The summed E-state index contributed by atoms with van der Waals surface area (Å²) >= 11 is 0. The first-order chi connectivity index (χ1) is 10.0. The van der Waals surface area contributed by atoms with Gasteiger partial charge in [-0.3, -0.25) is 0 Å². The minimum absolute atomic E-state index is 0.464. The molecule has 1 N–H and O–H groups in total. The van der Waals surface area contributed by atoms with E-state index in [1.54, 1.807) is 0 Å². The molecule has 0 aliphatic heterocycles. The van der Waals surface area contributed by atoms with Gasteiger partial charge in [0.05, 0.1) is 0 Å². The van der Waals surface area contributed by atoms with Crippen LogP contribution >= 0.6 is 0 Å². The van der Waals surface area contributed by atoms with E-state index < -0.39 is 0 Å². The monoisotopic (exact) mass is 287 g/mol. The van der Waals surface area contributed by atoms with Gasteiger partial charge in [0.15, 0.2) is 11.6 Å². The molecule has 0 spiro atoms. The molecule has 0 fully saturated rings. The maximum atomic E-state index is 4.62. The lowest BCUT2D eigenvalue weighted by atomic mass is 10.2. The number of nitrogens with one attached hydrogen (secondary N) is 1. The van der Waals surface area contributed by atoms with Gasteiger partial charge in [-0.1, -0.05) is 27.7 Å². The molecule has 0 saturated heterocycles.